The van der Waals surface area contributed by atoms with Gasteiger partial charge in [0.2, 0.25) is 0 Å². The first-order valence-corrected chi connectivity index (χ1v) is 10.1. The maximum atomic E-state index is 13.7. The van der Waals surface area contributed by atoms with Gasteiger partial charge in [-0.2, -0.15) is 0 Å². The molecule has 0 fully saturated rings. The Kier molecular flexibility index (Phi) is 4.97. The number of halogens is 1. The zero-order valence-corrected chi connectivity index (χ0v) is 16.6. The van der Waals surface area contributed by atoms with Gasteiger partial charge in [0.15, 0.2) is 0 Å². The molecular weight excluding hydrogens is 369 g/mol. The zero-order valence-electron chi connectivity index (χ0n) is 15.8. The van der Waals surface area contributed by atoms with Crippen molar-refractivity contribution in [3.05, 3.63) is 104 Å². The maximum absolute atomic E-state index is 13.7. The first-order valence-electron chi connectivity index (χ1n) is 9.24. The SMILES string of the molecule is CCc1ccccc1/C(=C/c1ccc2sc(=O)[nH]c2c1)c1ccc(F)cc1C. The third-order valence-corrected chi connectivity index (χ3v) is 5.78. The van der Waals surface area contributed by atoms with Crippen LogP contribution in [0.2, 0.25) is 0 Å². The van der Waals surface area contributed by atoms with Crippen LogP contribution < -0.4 is 4.87 Å². The molecule has 1 N–H and O–H groups in total. The number of aromatic amines is 1. The van der Waals surface area contributed by atoms with Crippen LogP contribution in [0.1, 0.15) is 34.7 Å². The van der Waals surface area contributed by atoms with Gasteiger partial charge in [0, 0.05) is 0 Å². The number of hydrogen-bond donors (Lipinski definition) is 1. The zero-order chi connectivity index (χ0) is 19.7. The molecule has 4 aromatic rings. The van der Waals surface area contributed by atoms with Crippen molar-refractivity contribution in [1.82, 2.24) is 4.98 Å². The molecule has 1 aromatic heterocycles. The fourth-order valence-corrected chi connectivity index (χ4v) is 4.26. The molecule has 4 rings (SSSR count). The average Bonchev–Trinajstić information content (AvgIpc) is 3.06. The van der Waals surface area contributed by atoms with E-state index in [0.717, 1.165) is 44.5 Å². The van der Waals surface area contributed by atoms with E-state index in [9.17, 15) is 9.18 Å². The van der Waals surface area contributed by atoms with E-state index < -0.39 is 0 Å². The Hall–Kier alpha value is -2.98. The van der Waals surface area contributed by atoms with Crippen molar-refractivity contribution in [2.75, 3.05) is 0 Å². The van der Waals surface area contributed by atoms with E-state index >= 15 is 0 Å². The van der Waals surface area contributed by atoms with Crippen LogP contribution >= 0.6 is 11.3 Å². The highest BCUT2D eigenvalue weighted by Crippen LogP contribution is 2.32. The summed E-state index contributed by atoms with van der Waals surface area (Å²) >= 11 is 1.21. The minimum atomic E-state index is -0.235. The largest absolute Gasteiger partial charge is 0.312 e. The lowest BCUT2D eigenvalue weighted by molar-refractivity contribution is 0.626. The van der Waals surface area contributed by atoms with Crippen LogP contribution in [0.15, 0.2) is 65.5 Å². The molecule has 3 aromatic carbocycles. The second-order valence-electron chi connectivity index (χ2n) is 6.80. The highest BCUT2D eigenvalue weighted by molar-refractivity contribution is 7.16. The fourth-order valence-electron chi connectivity index (χ4n) is 3.55. The predicted octanol–water partition coefficient (Wildman–Crippen LogP) is 6.19. The second-order valence-corrected chi connectivity index (χ2v) is 7.81. The van der Waals surface area contributed by atoms with E-state index in [1.807, 2.05) is 43.3 Å². The molecule has 140 valence electrons. The van der Waals surface area contributed by atoms with Crippen LogP contribution in [0.3, 0.4) is 0 Å². The second kappa shape index (κ2) is 7.56. The summed E-state index contributed by atoms with van der Waals surface area (Å²) in [6.07, 6.45) is 3.02. The molecule has 0 spiro atoms. The normalized spacial score (nSPS) is 11.9. The van der Waals surface area contributed by atoms with Gasteiger partial charge in [-0.15, -0.1) is 0 Å². The monoisotopic (exact) mass is 389 g/mol. The van der Waals surface area contributed by atoms with E-state index in [1.165, 1.54) is 23.0 Å². The molecule has 0 aliphatic carbocycles. The molecule has 0 aliphatic rings. The van der Waals surface area contributed by atoms with E-state index in [4.69, 9.17) is 0 Å². The van der Waals surface area contributed by atoms with Crippen molar-refractivity contribution < 1.29 is 4.39 Å². The van der Waals surface area contributed by atoms with Crippen LogP contribution in [0, 0.1) is 12.7 Å². The van der Waals surface area contributed by atoms with E-state index in [1.54, 1.807) is 6.07 Å². The van der Waals surface area contributed by atoms with Crippen LogP contribution in [0.25, 0.3) is 21.9 Å². The van der Waals surface area contributed by atoms with E-state index in [0.29, 0.717) is 0 Å². The first kappa shape index (κ1) is 18.4. The summed E-state index contributed by atoms with van der Waals surface area (Å²) in [7, 11) is 0. The summed E-state index contributed by atoms with van der Waals surface area (Å²) in [6.45, 7) is 4.07. The minimum absolute atomic E-state index is 0.0536. The number of aromatic nitrogens is 1. The Morgan fingerprint density at radius 2 is 1.89 bits per heavy atom. The Morgan fingerprint density at radius 1 is 1.07 bits per heavy atom. The van der Waals surface area contributed by atoms with Gasteiger partial charge >= 0.3 is 4.87 Å². The molecule has 0 saturated carbocycles. The van der Waals surface area contributed by atoms with Crippen LogP contribution in [0.4, 0.5) is 4.39 Å². The Balaban J connectivity index is 1.95. The van der Waals surface area contributed by atoms with Crippen molar-refractivity contribution in [2.45, 2.75) is 20.3 Å². The number of thiazole rings is 1. The molecule has 1 heterocycles. The summed E-state index contributed by atoms with van der Waals surface area (Å²) in [5.41, 5.74) is 7.14. The fraction of sp³-hybridized carbons (Fsp3) is 0.125. The van der Waals surface area contributed by atoms with E-state index in [2.05, 4.69) is 30.1 Å². The van der Waals surface area contributed by atoms with Crippen LogP contribution in [-0.2, 0) is 6.42 Å². The van der Waals surface area contributed by atoms with Gasteiger partial charge in [-0.25, -0.2) is 4.39 Å². The Bertz CT molecular complexity index is 1250. The lowest BCUT2D eigenvalue weighted by Gasteiger charge is -2.15. The summed E-state index contributed by atoms with van der Waals surface area (Å²) in [6, 6.07) is 19.2. The van der Waals surface area contributed by atoms with Gasteiger partial charge < -0.3 is 4.98 Å². The molecule has 0 saturated heterocycles. The van der Waals surface area contributed by atoms with Crippen LogP contribution in [-0.4, -0.2) is 4.98 Å². The summed E-state index contributed by atoms with van der Waals surface area (Å²) in [4.78, 5) is 14.5. The van der Waals surface area contributed by atoms with Gasteiger partial charge in [-0.3, -0.25) is 4.79 Å². The molecule has 0 bridgehead atoms. The van der Waals surface area contributed by atoms with Crippen molar-refractivity contribution in [3.8, 4) is 0 Å². The Morgan fingerprint density at radius 3 is 2.68 bits per heavy atom. The first-order chi connectivity index (χ1) is 13.5. The molecular formula is C24H20FNOS. The van der Waals surface area contributed by atoms with Gasteiger partial charge in [-0.05, 0) is 77.1 Å². The summed E-state index contributed by atoms with van der Waals surface area (Å²) in [5, 5.41) is 0. The smallest absolute Gasteiger partial charge is 0.305 e. The van der Waals surface area contributed by atoms with Gasteiger partial charge in [-0.1, -0.05) is 54.7 Å². The summed E-state index contributed by atoms with van der Waals surface area (Å²) in [5.74, 6) is -0.235. The van der Waals surface area contributed by atoms with Gasteiger partial charge in [0.05, 0.1) is 10.2 Å². The van der Waals surface area contributed by atoms with Crippen molar-refractivity contribution >= 4 is 33.2 Å². The molecule has 0 unspecified atom stereocenters. The lowest BCUT2D eigenvalue weighted by Crippen LogP contribution is -1.97. The maximum Gasteiger partial charge on any atom is 0.305 e. The Labute approximate surface area is 167 Å². The average molecular weight is 389 g/mol. The molecule has 2 nitrogen and oxygen atoms in total. The number of rotatable bonds is 4. The highest BCUT2D eigenvalue weighted by Gasteiger charge is 2.12. The summed E-state index contributed by atoms with van der Waals surface area (Å²) < 4.78 is 14.7. The number of hydrogen-bond acceptors (Lipinski definition) is 2. The minimum Gasteiger partial charge on any atom is -0.312 e. The third-order valence-electron chi connectivity index (χ3n) is 4.92. The number of fused-ring (bicyclic) bond motifs is 1. The lowest BCUT2D eigenvalue weighted by atomic mass is 9.89. The molecule has 4 heteroatoms. The molecule has 28 heavy (non-hydrogen) atoms. The van der Waals surface area contributed by atoms with E-state index in [-0.39, 0.29) is 10.7 Å². The van der Waals surface area contributed by atoms with Crippen LogP contribution in [0.5, 0.6) is 0 Å². The standard InChI is InChI=1S/C24H20FNOS/c1-3-17-6-4-5-7-20(17)21(19-10-9-18(25)12-15(19)2)13-16-8-11-23-22(14-16)26-24(27)28-23/h4-14H,3H2,1-2H3,(H,26,27)/b21-13+. The highest BCUT2D eigenvalue weighted by atomic mass is 32.1. The topological polar surface area (TPSA) is 32.9 Å². The molecule has 0 atom stereocenters. The quantitative estimate of drug-likeness (QED) is 0.415. The van der Waals surface area contributed by atoms with Crippen molar-refractivity contribution in [2.24, 2.45) is 0 Å². The molecule has 0 radical (unpaired) electrons. The van der Waals surface area contributed by atoms with Gasteiger partial charge in [0.25, 0.3) is 0 Å². The van der Waals surface area contributed by atoms with Gasteiger partial charge in [0.1, 0.15) is 5.82 Å². The molecule has 0 aliphatic heterocycles. The predicted molar refractivity (Wildman–Crippen MR) is 116 cm³/mol. The van der Waals surface area contributed by atoms with Crippen molar-refractivity contribution in [3.63, 3.8) is 0 Å². The van der Waals surface area contributed by atoms with Crippen molar-refractivity contribution in [1.29, 1.82) is 0 Å². The number of benzene rings is 3. The number of nitrogens with one attached hydrogen (secondary N) is 1. The number of aryl methyl sites for hydroxylation is 2. The molecule has 0 amide bonds. The number of H-pyrrole nitrogens is 1. The third kappa shape index (κ3) is 3.56.